The highest BCUT2D eigenvalue weighted by atomic mass is 35.5. The van der Waals surface area contributed by atoms with Gasteiger partial charge in [-0.3, -0.25) is 9.78 Å². The van der Waals surface area contributed by atoms with E-state index >= 15 is 0 Å². The van der Waals surface area contributed by atoms with E-state index in [4.69, 9.17) is 33.0 Å². The number of furan rings is 1. The third-order valence-electron chi connectivity index (χ3n) is 5.25. The van der Waals surface area contributed by atoms with Gasteiger partial charge in [-0.05, 0) is 62.0 Å². The van der Waals surface area contributed by atoms with Crippen LogP contribution in [0.2, 0.25) is 5.02 Å². The Morgan fingerprint density at radius 3 is 2.84 bits per heavy atom. The monoisotopic (exact) mass is 455 g/mol. The van der Waals surface area contributed by atoms with Gasteiger partial charge >= 0.3 is 5.97 Å². The summed E-state index contributed by atoms with van der Waals surface area (Å²) >= 11 is 11.8. The SMILES string of the molecule is CCOC(=O)CN1C(=S)N[C@@H](c2ccccn2)[C@@H]1c1ccc(-c2cccc(Cl)c2C)o1. The van der Waals surface area contributed by atoms with E-state index in [1.807, 2.05) is 55.5 Å². The van der Waals surface area contributed by atoms with E-state index in [0.29, 0.717) is 28.3 Å². The number of benzene rings is 1. The molecule has 2 aromatic heterocycles. The number of halogens is 1. The van der Waals surface area contributed by atoms with Crippen LogP contribution in [0.1, 0.15) is 36.0 Å². The van der Waals surface area contributed by atoms with E-state index in [9.17, 15) is 4.79 Å². The molecule has 1 aliphatic heterocycles. The molecule has 0 aliphatic carbocycles. The van der Waals surface area contributed by atoms with E-state index in [1.54, 1.807) is 18.0 Å². The minimum atomic E-state index is -0.361. The van der Waals surface area contributed by atoms with Gasteiger partial charge in [-0.1, -0.05) is 29.8 Å². The summed E-state index contributed by atoms with van der Waals surface area (Å²) in [5.41, 5.74) is 2.66. The molecule has 3 heterocycles. The predicted molar refractivity (Wildman–Crippen MR) is 123 cm³/mol. The molecule has 3 aromatic rings. The van der Waals surface area contributed by atoms with Gasteiger partial charge in [0.25, 0.3) is 0 Å². The number of hydrogen-bond donors (Lipinski definition) is 1. The summed E-state index contributed by atoms with van der Waals surface area (Å²) in [6.07, 6.45) is 1.73. The van der Waals surface area contributed by atoms with E-state index in [-0.39, 0.29) is 24.6 Å². The predicted octanol–water partition coefficient (Wildman–Crippen LogP) is 4.84. The lowest BCUT2D eigenvalue weighted by atomic mass is 10.0. The number of esters is 1. The van der Waals surface area contributed by atoms with Crippen molar-refractivity contribution in [2.24, 2.45) is 0 Å². The van der Waals surface area contributed by atoms with Crippen LogP contribution in [0, 0.1) is 6.92 Å². The molecule has 4 rings (SSSR count). The molecular weight excluding hydrogens is 434 g/mol. The van der Waals surface area contributed by atoms with Crippen LogP contribution < -0.4 is 5.32 Å². The van der Waals surface area contributed by atoms with Gasteiger partial charge in [0.1, 0.15) is 24.1 Å². The van der Waals surface area contributed by atoms with Crippen molar-refractivity contribution in [3.8, 4) is 11.3 Å². The number of ether oxygens (including phenoxy) is 1. The summed E-state index contributed by atoms with van der Waals surface area (Å²) in [4.78, 5) is 18.5. The number of aromatic nitrogens is 1. The summed E-state index contributed by atoms with van der Waals surface area (Å²) in [7, 11) is 0. The van der Waals surface area contributed by atoms with Gasteiger partial charge in [-0.2, -0.15) is 0 Å². The van der Waals surface area contributed by atoms with Crippen molar-refractivity contribution in [2.45, 2.75) is 25.9 Å². The molecule has 1 aliphatic rings. The number of nitrogens with one attached hydrogen (secondary N) is 1. The first-order valence-corrected chi connectivity index (χ1v) is 10.8. The maximum absolute atomic E-state index is 12.3. The van der Waals surface area contributed by atoms with Crippen LogP contribution in [0.25, 0.3) is 11.3 Å². The third-order valence-corrected chi connectivity index (χ3v) is 6.02. The van der Waals surface area contributed by atoms with E-state index in [2.05, 4.69) is 10.3 Å². The number of thiocarbonyl (C=S) groups is 1. The second kappa shape index (κ2) is 9.08. The zero-order valence-electron chi connectivity index (χ0n) is 17.2. The molecule has 1 N–H and O–H groups in total. The van der Waals surface area contributed by atoms with Gasteiger partial charge in [-0.15, -0.1) is 0 Å². The Balaban J connectivity index is 1.73. The summed E-state index contributed by atoms with van der Waals surface area (Å²) in [5, 5.41) is 4.42. The maximum atomic E-state index is 12.3. The molecule has 1 saturated heterocycles. The van der Waals surface area contributed by atoms with Crippen molar-refractivity contribution in [3.05, 3.63) is 76.8 Å². The van der Waals surface area contributed by atoms with Crippen LogP contribution in [0.3, 0.4) is 0 Å². The molecule has 2 atom stereocenters. The molecule has 1 aromatic carbocycles. The van der Waals surface area contributed by atoms with Gasteiger partial charge in [0.15, 0.2) is 5.11 Å². The van der Waals surface area contributed by atoms with E-state index in [1.165, 1.54) is 0 Å². The first-order chi connectivity index (χ1) is 15.0. The number of hydrogen-bond acceptors (Lipinski definition) is 5. The molecule has 0 amide bonds. The van der Waals surface area contributed by atoms with Crippen molar-refractivity contribution < 1.29 is 13.9 Å². The fraction of sp³-hybridized carbons (Fsp3) is 0.261. The fourth-order valence-electron chi connectivity index (χ4n) is 3.76. The van der Waals surface area contributed by atoms with Gasteiger partial charge < -0.3 is 19.4 Å². The largest absolute Gasteiger partial charge is 0.465 e. The van der Waals surface area contributed by atoms with Crippen LogP contribution in [0.4, 0.5) is 0 Å². The van der Waals surface area contributed by atoms with Gasteiger partial charge in [0, 0.05) is 16.8 Å². The zero-order chi connectivity index (χ0) is 22.0. The quantitative estimate of drug-likeness (QED) is 0.421. The second-order valence-corrected chi connectivity index (χ2v) is 7.97. The zero-order valence-corrected chi connectivity index (χ0v) is 18.7. The Labute approximate surface area is 191 Å². The number of carbonyl (C=O) groups is 1. The second-order valence-electron chi connectivity index (χ2n) is 7.17. The average Bonchev–Trinajstić information content (AvgIpc) is 3.36. The lowest BCUT2D eigenvalue weighted by Gasteiger charge is -2.25. The van der Waals surface area contributed by atoms with Crippen LogP contribution in [0.5, 0.6) is 0 Å². The Hall–Kier alpha value is -2.90. The van der Waals surface area contributed by atoms with Gasteiger partial charge in [0.2, 0.25) is 0 Å². The van der Waals surface area contributed by atoms with Crippen LogP contribution in [-0.2, 0) is 9.53 Å². The molecule has 1 fully saturated rings. The molecule has 0 bridgehead atoms. The smallest absolute Gasteiger partial charge is 0.325 e. The van der Waals surface area contributed by atoms with Crippen LogP contribution in [0.15, 0.2) is 59.1 Å². The first-order valence-electron chi connectivity index (χ1n) is 9.98. The van der Waals surface area contributed by atoms with Crippen molar-refractivity contribution in [2.75, 3.05) is 13.2 Å². The Morgan fingerprint density at radius 2 is 2.10 bits per heavy atom. The standard InChI is InChI=1S/C23H22ClN3O3S/c1-3-29-20(28)13-27-22(21(26-23(27)31)17-9-4-5-12-25-17)19-11-10-18(30-19)15-7-6-8-16(24)14(15)2/h4-12,21-22H,3,13H2,1-2H3,(H,26,31)/t21-,22-/m0/s1. The maximum Gasteiger partial charge on any atom is 0.325 e. The topological polar surface area (TPSA) is 67.6 Å². The summed E-state index contributed by atoms with van der Waals surface area (Å²) in [5.74, 6) is 1.01. The third kappa shape index (κ3) is 4.29. The number of rotatable bonds is 6. The van der Waals surface area contributed by atoms with Crippen LogP contribution >= 0.6 is 23.8 Å². The van der Waals surface area contributed by atoms with Crippen molar-refractivity contribution in [1.82, 2.24) is 15.2 Å². The molecule has 0 saturated carbocycles. The lowest BCUT2D eigenvalue weighted by Crippen LogP contribution is -2.35. The Bertz CT molecular complexity index is 1100. The Morgan fingerprint density at radius 1 is 1.26 bits per heavy atom. The normalized spacial score (nSPS) is 18.2. The van der Waals surface area contributed by atoms with E-state index < -0.39 is 0 Å². The van der Waals surface area contributed by atoms with Crippen molar-refractivity contribution >= 4 is 34.9 Å². The van der Waals surface area contributed by atoms with E-state index in [0.717, 1.165) is 16.8 Å². The summed E-state index contributed by atoms with van der Waals surface area (Å²) < 4.78 is 11.4. The molecule has 8 heteroatoms. The molecule has 0 unspecified atom stereocenters. The number of carbonyl (C=O) groups excluding carboxylic acids is 1. The minimum Gasteiger partial charge on any atom is -0.465 e. The highest BCUT2D eigenvalue weighted by molar-refractivity contribution is 7.80. The number of pyridine rings is 1. The fourth-order valence-corrected chi connectivity index (χ4v) is 4.24. The minimum absolute atomic E-state index is 0.0138. The van der Waals surface area contributed by atoms with Gasteiger partial charge in [0.05, 0.1) is 18.3 Å². The number of nitrogens with zero attached hydrogens (tertiary/aromatic N) is 2. The summed E-state index contributed by atoms with van der Waals surface area (Å²) in [6.45, 7) is 4.05. The molecule has 0 spiro atoms. The van der Waals surface area contributed by atoms with Crippen molar-refractivity contribution in [3.63, 3.8) is 0 Å². The molecular formula is C23H22ClN3O3S. The van der Waals surface area contributed by atoms with Crippen molar-refractivity contribution in [1.29, 1.82) is 0 Å². The molecule has 0 radical (unpaired) electrons. The molecule has 6 nitrogen and oxygen atoms in total. The van der Waals surface area contributed by atoms with Gasteiger partial charge in [-0.25, -0.2) is 0 Å². The van der Waals surface area contributed by atoms with Crippen LogP contribution in [-0.4, -0.2) is 34.1 Å². The summed E-state index contributed by atoms with van der Waals surface area (Å²) in [6, 6.07) is 14.6. The average molecular weight is 456 g/mol. The molecule has 160 valence electrons. The first kappa shape index (κ1) is 21.3. The lowest BCUT2D eigenvalue weighted by molar-refractivity contribution is -0.143. The highest BCUT2D eigenvalue weighted by Gasteiger charge is 2.42. The molecule has 31 heavy (non-hydrogen) atoms. The Kier molecular flexibility index (Phi) is 6.25. The highest BCUT2D eigenvalue weighted by Crippen LogP contribution is 2.41.